The topological polar surface area (TPSA) is 99.4 Å². The van der Waals surface area contributed by atoms with Gasteiger partial charge in [-0.2, -0.15) is 5.26 Å². The van der Waals surface area contributed by atoms with E-state index in [1.54, 1.807) is 0 Å². The first kappa shape index (κ1) is 20.7. The van der Waals surface area contributed by atoms with Gasteiger partial charge in [0, 0.05) is 26.2 Å². The van der Waals surface area contributed by atoms with Gasteiger partial charge in [0.1, 0.15) is 22.2 Å². The first-order chi connectivity index (χ1) is 14.1. The number of anilines is 1. The number of pyridine rings is 1. The van der Waals surface area contributed by atoms with Crippen LogP contribution in [0.25, 0.3) is 4.85 Å². The Morgan fingerprint density at radius 3 is 2.66 bits per heavy atom. The molecule has 1 aromatic heterocycles. The first-order valence-corrected chi connectivity index (χ1v) is 10.3. The number of nitriles is 1. The highest BCUT2D eigenvalue weighted by atomic mass is 32.2. The van der Waals surface area contributed by atoms with Crippen LogP contribution >= 0.6 is 11.8 Å². The molecule has 0 bridgehead atoms. The summed E-state index contributed by atoms with van der Waals surface area (Å²) in [6.45, 7) is 12.7. The number of carbonyl (C=O) groups is 1. The quantitative estimate of drug-likeness (QED) is 0.565. The van der Waals surface area contributed by atoms with Gasteiger partial charge in [0.05, 0.1) is 12.1 Å². The summed E-state index contributed by atoms with van der Waals surface area (Å²) in [5.41, 5.74) is 7.88. The Bertz CT molecular complexity index is 973. The molecule has 1 amide bonds. The van der Waals surface area contributed by atoms with Crippen molar-refractivity contribution in [3.63, 3.8) is 0 Å². The van der Waals surface area contributed by atoms with Crippen LogP contribution < -0.4 is 16.0 Å². The fraction of sp³-hybridized carbons (Fsp3) is 0.333. The zero-order valence-corrected chi connectivity index (χ0v) is 17.0. The van der Waals surface area contributed by atoms with Gasteiger partial charge in [0.25, 0.3) is 0 Å². The monoisotopic (exact) mass is 406 g/mol. The molecule has 8 heteroatoms. The second-order valence-electron chi connectivity index (χ2n) is 6.57. The van der Waals surface area contributed by atoms with E-state index >= 15 is 0 Å². The number of nitrogens with two attached hydrogens (primary N) is 1. The molecule has 1 aliphatic heterocycles. The van der Waals surface area contributed by atoms with E-state index in [4.69, 9.17) is 17.3 Å². The van der Waals surface area contributed by atoms with Gasteiger partial charge >= 0.3 is 0 Å². The number of aromatic nitrogens is 1. The number of hydrogen-bond donors (Lipinski definition) is 2. The molecular weight excluding hydrogens is 384 g/mol. The van der Waals surface area contributed by atoms with Gasteiger partial charge in [-0.15, -0.1) is 0 Å². The number of nitrogens with zero attached hydrogens (tertiary/aromatic N) is 4. The maximum Gasteiger partial charge on any atom is 0.235 e. The number of carbonyl (C=O) groups excluding carboxylic acids is 1. The molecule has 29 heavy (non-hydrogen) atoms. The average molecular weight is 407 g/mol. The third kappa shape index (κ3) is 4.34. The van der Waals surface area contributed by atoms with Crippen LogP contribution in [0.4, 0.5) is 11.5 Å². The number of benzene rings is 1. The number of amides is 1. The molecule has 1 fully saturated rings. The van der Waals surface area contributed by atoms with Crippen LogP contribution in [0.2, 0.25) is 0 Å². The number of rotatable bonds is 6. The number of piperazine rings is 1. The largest absolute Gasteiger partial charge is 0.368 e. The lowest BCUT2D eigenvalue weighted by Gasteiger charge is -2.30. The maximum absolute atomic E-state index is 12.2. The summed E-state index contributed by atoms with van der Waals surface area (Å²) in [6, 6.07) is 11.4. The molecule has 2 heterocycles. The van der Waals surface area contributed by atoms with E-state index in [0.29, 0.717) is 34.1 Å². The molecule has 1 aromatic carbocycles. The normalized spacial score (nSPS) is 14.7. The van der Waals surface area contributed by atoms with Crippen LogP contribution in [0.1, 0.15) is 28.9 Å². The minimum atomic E-state index is -0.671. The summed E-state index contributed by atoms with van der Waals surface area (Å²) in [5.74, 6) is 0.0825. The molecule has 1 aliphatic rings. The van der Waals surface area contributed by atoms with Gasteiger partial charge in [-0.1, -0.05) is 49.0 Å². The zero-order chi connectivity index (χ0) is 20.8. The highest BCUT2D eigenvalue weighted by Gasteiger charge is 2.27. The van der Waals surface area contributed by atoms with Crippen molar-refractivity contribution in [1.29, 1.82) is 5.26 Å². The Balaban J connectivity index is 2.13. The molecule has 0 radical (unpaired) electrons. The fourth-order valence-electron chi connectivity index (χ4n) is 3.38. The molecule has 1 unspecified atom stereocenters. The highest BCUT2D eigenvalue weighted by Crippen LogP contribution is 2.42. The Morgan fingerprint density at radius 1 is 1.41 bits per heavy atom. The van der Waals surface area contributed by atoms with Crippen LogP contribution in [-0.4, -0.2) is 37.1 Å². The first-order valence-electron chi connectivity index (χ1n) is 9.41. The maximum atomic E-state index is 12.2. The van der Waals surface area contributed by atoms with Gasteiger partial charge < -0.3 is 16.0 Å². The third-order valence-corrected chi connectivity index (χ3v) is 6.06. The van der Waals surface area contributed by atoms with Crippen LogP contribution in [0.5, 0.6) is 0 Å². The minimum absolute atomic E-state index is 0.351. The van der Waals surface area contributed by atoms with Crippen molar-refractivity contribution in [3.8, 4) is 6.07 Å². The predicted octanol–water partition coefficient (Wildman–Crippen LogP) is 2.79. The van der Waals surface area contributed by atoms with Crippen molar-refractivity contribution in [2.45, 2.75) is 23.6 Å². The number of nitrogens with one attached hydrogen (secondary N) is 1. The van der Waals surface area contributed by atoms with Gasteiger partial charge in [-0.3, -0.25) is 4.79 Å². The van der Waals surface area contributed by atoms with Crippen molar-refractivity contribution in [2.24, 2.45) is 5.73 Å². The molecule has 0 saturated carbocycles. The Morgan fingerprint density at radius 2 is 2.10 bits per heavy atom. The SMILES string of the molecule is [C-]#[N+]c1c(N2CCNCC2)nc(SC(C(N)=O)c2ccccc2)c(C#N)c1CC. The number of thioether (sulfide) groups is 1. The van der Waals surface area contributed by atoms with Crippen molar-refractivity contribution in [2.75, 3.05) is 31.1 Å². The molecule has 3 rings (SSSR count). The molecule has 7 nitrogen and oxygen atoms in total. The van der Waals surface area contributed by atoms with Crippen molar-refractivity contribution >= 4 is 29.2 Å². The Hall–Kier alpha value is -3.07. The Labute approximate surface area is 174 Å². The highest BCUT2D eigenvalue weighted by molar-refractivity contribution is 8.00. The van der Waals surface area contributed by atoms with Crippen molar-refractivity contribution in [3.05, 3.63) is 58.4 Å². The van der Waals surface area contributed by atoms with Gasteiger partial charge in [-0.25, -0.2) is 9.83 Å². The molecule has 1 saturated heterocycles. The summed E-state index contributed by atoms with van der Waals surface area (Å²) in [5, 5.41) is 12.9. The van der Waals surface area contributed by atoms with E-state index in [1.807, 2.05) is 37.3 Å². The summed E-state index contributed by atoms with van der Waals surface area (Å²) < 4.78 is 0. The van der Waals surface area contributed by atoms with Gasteiger partial charge in [0.2, 0.25) is 11.6 Å². The fourth-order valence-corrected chi connectivity index (χ4v) is 4.44. The van der Waals surface area contributed by atoms with Crippen LogP contribution in [0, 0.1) is 17.9 Å². The predicted molar refractivity (Wildman–Crippen MR) is 114 cm³/mol. The van der Waals surface area contributed by atoms with E-state index in [9.17, 15) is 10.1 Å². The lowest BCUT2D eigenvalue weighted by Crippen LogP contribution is -2.44. The lowest BCUT2D eigenvalue weighted by atomic mass is 10.1. The van der Waals surface area contributed by atoms with Gasteiger partial charge in [0.15, 0.2) is 0 Å². The minimum Gasteiger partial charge on any atom is -0.368 e. The lowest BCUT2D eigenvalue weighted by molar-refractivity contribution is -0.117. The standard InChI is InChI=1S/C21H22N6OS/c1-3-15-16(13-22)21(29-18(19(23)28)14-7-5-4-6-8-14)26-20(17(15)24-2)27-11-9-25-10-12-27/h4-8,18,25H,3,9-12H2,1H3,(H2,23,28). The summed E-state index contributed by atoms with van der Waals surface area (Å²) in [7, 11) is 0. The van der Waals surface area contributed by atoms with E-state index in [0.717, 1.165) is 31.7 Å². The average Bonchev–Trinajstić information content (AvgIpc) is 2.77. The number of hydrogen-bond acceptors (Lipinski definition) is 6. The molecule has 1 atom stereocenters. The summed E-state index contributed by atoms with van der Waals surface area (Å²) in [6.07, 6.45) is 0.530. The molecular formula is C21H22N6OS. The smallest absolute Gasteiger partial charge is 0.235 e. The molecule has 3 N–H and O–H groups in total. The van der Waals surface area contributed by atoms with Crippen LogP contribution in [0.15, 0.2) is 35.4 Å². The summed E-state index contributed by atoms with van der Waals surface area (Å²) in [4.78, 5) is 22.7. The zero-order valence-electron chi connectivity index (χ0n) is 16.2. The molecule has 2 aromatic rings. The third-order valence-electron chi connectivity index (χ3n) is 4.80. The molecule has 148 valence electrons. The van der Waals surface area contributed by atoms with E-state index in [1.165, 1.54) is 11.8 Å². The van der Waals surface area contributed by atoms with Crippen molar-refractivity contribution < 1.29 is 4.79 Å². The van der Waals surface area contributed by atoms with E-state index in [-0.39, 0.29) is 0 Å². The van der Waals surface area contributed by atoms with E-state index in [2.05, 4.69) is 21.1 Å². The van der Waals surface area contributed by atoms with Crippen LogP contribution in [0.3, 0.4) is 0 Å². The second-order valence-corrected chi connectivity index (χ2v) is 7.66. The van der Waals surface area contributed by atoms with Crippen LogP contribution in [-0.2, 0) is 11.2 Å². The summed E-state index contributed by atoms with van der Waals surface area (Å²) >= 11 is 1.17. The molecule has 0 spiro atoms. The second kappa shape index (κ2) is 9.42. The molecule has 0 aliphatic carbocycles. The van der Waals surface area contributed by atoms with E-state index < -0.39 is 11.2 Å². The Kier molecular flexibility index (Phi) is 6.71. The van der Waals surface area contributed by atoms with Crippen molar-refractivity contribution in [1.82, 2.24) is 10.3 Å². The number of primary amides is 1. The van der Waals surface area contributed by atoms with Gasteiger partial charge in [-0.05, 0) is 17.5 Å².